The minimum Gasteiger partial charge on any atom is -0.481 e. The van der Waals surface area contributed by atoms with Crippen molar-refractivity contribution in [3.63, 3.8) is 0 Å². The van der Waals surface area contributed by atoms with Gasteiger partial charge in [0.25, 0.3) is 0 Å². The van der Waals surface area contributed by atoms with Gasteiger partial charge in [0.2, 0.25) is 0 Å². The van der Waals surface area contributed by atoms with Crippen LogP contribution in [0.5, 0.6) is 0 Å². The van der Waals surface area contributed by atoms with Crippen LogP contribution in [0.3, 0.4) is 0 Å². The molecule has 2 aromatic rings. The molecule has 1 aliphatic rings. The molecule has 0 amide bonds. The van der Waals surface area contributed by atoms with Gasteiger partial charge in [-0.15, -0.1) is 0 Å². The molecule has 0 saturated carbocycles. The molecule has 0 radical (unpaired) electrons. The van der Waals surface area contributed by atoms with Crippen LogP contribution in [-0.4, -0.2) is 20.6 Å². The Morgan fingerprint density at radius 1 is 1.35 bits per heavy atom. The summed E-state index contributed by atoms with van der Waals surface area (Å²) in [6, 6.07) is 7.93. The number of hydrogen-bond acceptors (Lipinski definition) is 2. The van der Waals surface area contributed by atoms with Crippen molar-refractivity contribution in [3.8, 4) is 11.4 Å². The highest BCUT2D eigenvalue weighted by molar-refractivity contribution is 9.10. The van der Waals surface area contributed by atoms with E-state index in [-0.39, 0.29) is 6.42 Å². The van der Waals surface area contributed by atoms with Crippen LogP contribution in [0.4, 0.5) is 0 Å². The first-order valence-corrected chi connectivity index (χ1v) is 7.51. The minimum atomic E-state index is -0.824. The van der Waals surface area contributed by atoms with Crippen LogP contribution in [0.2, 0.25) is 0 Å². The molecule has 5 heteroatoms. The molecule has 0 saturated heterocycles. The van der Waals surface area contributed by atoms with Crippen LogP contribution in [0.1, 0.15) is 24.2 Å². The third-order valence-corrected chi connectivity index (χ3v) is 4.33. The van der Waals surface area contributed by atoms with Crippen molar-refractivity contribution in [2.75, 3.05) is 0 Å². The first kappa shape index (κ1) is 13.4. The maximum atomic E-state index is 11.0. The van der Waals surface area contributed by atoms with E-state index in [0.717, 1.165) is 47.4 Å². The standard InChI is InChI=1S/C15H15BrN2O2/c16-11-6-2-1-5-10(11)15-17-12(9-14(19)20)13-7-3-4-8-18(13)15/h1-2,5-6H,3-4,7-9H2,(H,19,20). The molecule has 1 aromatic heterocycles. The monoisotopic (exact) mass is 334 g/mol. The van der Waals surface area contributed by atoms with Gasteiger partial charge in [-0.3, -0.25) is 4.79 Å². The average Bonchev–Trinajstić information content (AvgIpc) is 2.78. The van der Waals surface area contributed by atoms with Crippen molar-refractivity contribution in [1.29, 1.82) is 0 Å². The van der Waals surface area contributed by atoms with Crippen molar-refractivity contribution in [2.45, 2.75) is 32.2 Å². The maximum Gasteiger partial charge on any atom is 0.309 e. The highest BCUT2D eigenvalue weighted by atomic mass is 79.9. The van der Waals surface area contributed by atoms with Gasteiger partial charge in [0.05, 0.1) is 12.1 Å². The van der Waals surface area contributed by atoms with E-state index in [9.17, 15) is 4.79 Å². The van der Waals surface area contributed by atoms with Gasteiger partial charge in [-0.2, -0.15) is 0 Å². The van der Waals surface area contributed by atoms with E-state index in [1.54, 1.807) is 0 Å². The zero-order valence-electron chi connectivity index (χ0n) is 11.0. The fourth-order valence-corrected chi connectivity index (χ4v) is 3.21. The zero-order valence-corrected chi connectivity index (χ0v) is 12.6. The van der Waals surface area contributed by atoms with E-state index in [2.05, 4.69) is 25.5 Å². The van der Waals surface area contributed by atoms with E-state index in [0.29, 0.717) is 5.69 Å². The topological polar surface area (TPSA) is 55.1 Å². The van der Waals surface area contributed by atoms with Crippen LogP contribution >= 0.6 is 15.9 Å². The second kappa shape index (κ2) is 5.40. The Morgan fingerprint density at radius 3 is 2.90 bits per heavy atom. The van der Waals surface area contributed by atoms with Gasteiger partial charge in [-0.1, -0.05) is 34.1 Å². The number of carboxylic acid groups (broad SMARTS) is 1. The lowest BCUT2D eigenvalue weighted by Crippen LogP contribution is -2.13. The van der Waals surface area contributed by atoms with Crippen LogP contribution in [0, 0.1) is 0 Å². The summed E-state index contributed by atoms with van der Waals surface area (Å²) in [6.45, 7) is 0.915. The summed E-state index contributed by atoms with van der Waals surface area (Å²) in [5.74, 6) is 0.0542. The predicted octanol–water partition coefficient (Wildman–Crippen LogP) is 3.28. The normalized spacial score (nSPS) is 14.1. The molecule has 20 heavy (non-hydrogen) atoms. The SMILES string of the molecule is O=C(O)Cc1nc(-c2ccccc2Br)n2c1CCCC2. The molecule has 1 aromatic carbocycles. The number of hydrogen-bond donors (Lipinski definition) is 1. The first-order valence-electron chi connectivity index (χ1n) is 6.72. The highest BCUT2D eigenvalue weighted by Gasteiger charge is 2.22. The molecule has 4 nitrogen and oxygen atoms in total. The van der Waals surface area contributed by atoms with Crippen LogP contribution < -0.4 is 0 Å². The van der Waals surface area contributed by atoms with Gasteiger partial charge in [-0.05, 0) is 25.3 Å². The van der Waals surface area contributed by atoms with E-state index >= 15 is 0 Å². The molecule has 0 unspecified atom stereocenters. The molecule has 0 aliphatic carbocycles. The smallest absolute Gasteiger partial charge is 0.309 e. The van der Waals surface area contributed by atoms with E-state index in [4.69, 9.17) is 5.11 Å². The summed E-state index contributed by atoms with van der Waals surface area (Å²) in [6.07, 6.45) is 3.14. The van der Waals surface area contributed by atoms with Crippen molar-refractivity contribution in [3.05, 3.63) is 40.1 Å². The lowest BCUT2D eigenvalue weighted by Gasteiger charge is -2.17. The molecule has 0 bridgehead atoms. The molecule has 2 heterocycles. The minimum absolute atomic E-state index is 0.000212. The first-order chi connectivity index (χ1) is 9.66. The number of benzene rings is 1. The molecule has 1 aliphatic heterocycles. The second-order valence-corrected chi connectivity index (χ2v) is 5.84. The number of carbonyl (C=O) groups is 1. The van der Waals surface area contributed by atoms with Gasteiger partial charge >= 0.3 is 5.97 Å². The largest absolute Gasteiger partial charge is 0.481 e. The van der Waals surface area contributed by atoms with Gasteiger partial charge in [-0.25, -0.2) is 4.98 Å². The van der Waals surface area contributed by atoms with Crippen LogP contribution in [0.15, 0.2) is 28.7 Å². The Kier molecular flexibility index (Phi) is 3.61. The molecule has 3 rings (SSSR count). The number of aromatic nitrogens is 2. The van der Waals surface area contributed by atoms with Gasteiger partial charge in [0, 0.05) is 22.3 Å². The number of imidazole rings is 1. The summed E-state index contributed by atoms with van der Waals surface area (Å²) in [5, 5.41) is 9.04. The highest BCUT2D eigenvalue weighted by Crippen LogP contribution is 2.32. The quantitative estimate of drug-likeness (QED) is 0.937. The number of nitrogens with zero attached hydrogens (tertiary/aromatic N) is 2. The Hall–Kier alpha value is -1.62. The number of halogens is 1. The molecule has 104 valence electrons. The number of aliphatic carboxylic acids is 1. The summed E-state index contributed by atoms with van der Waals surface area (Å²) in [7, 11) is 0. The predicted molar refractivity (Wildman–Crippen MR) is 79.6 cm³/mol. The van der Waals surface area contributed by atoms with Crippen molar-refractivity contribution >= 4 is 21.9 Å². The second-order valence-electron chi connectivity index (χ2n) is 4.99. The van der Waals surface area contributed by atoms with Gasteiger partial charge < -0.3 is 9.67 Å². The van der Waals surface area contributed by atoms with E-state index < -0.39 is 5.97 Å². The van der Waals surface area contributed by atoms with Crippen molar-refractivity contribution < 1.29 is 9.90 Å². The fraction of sp³-hybridized carbons (Fsp3) is 0.333. The Balaban J connectivity index is 2.14. The fourth-order valence-electron chi connectivity index (χ4n) is 2.75. The molecular formula is C15H15BrN2O2. The number of rotatable bonds is 3. The number of fused-ring (bicyclic) bond motifs is 1. The molecular weight excluding hydrogens is 320 g/mol. The Labute approximate surface area is 125 Å². The van der Waals surface area contributed by atoms with Crippen molar-refractivity contribution in [2.24, 2.45) is 0 Å². The van der Waals surface area contributed by atoms with E-state index in [1.165, 1.54) is 0 Å². The third kappa shape index (κ3) is 2.38. The molecule has 0 fully saturated rings. The lowest BCUT2D eigenvalue weighted by molar-refractivity contribution is -0.136. The van der Waals surface area contributed by atoms with E-state index in [1.807, 2.05) is 24.3 Å². The Morgan fingerprint density at radius 2 is 2.15 bits per heavy atom. The number of carboxylic acids is 1. The van der Waals surface area contributed by atoms with Gasteiger partial charge in [0.15, 0.2) is 0 Å². The summed E-state index contributed by atoms with van der Waals surface area (Å²) in [4.78, 5) is 15.6. The zero-order chi connectivity index (χ0) is 14.1. The van der Waals surface area contributed by atoms with Gasteiger partial charge in [0.1, 0.15) is 5.82 Å². The van der Waals surface area contributed by atoms with Crippen LogP contribution in [-0.2, 0) is 24.2 Å². The molecule has 0 spiro atoms. The van der Waals surface area contributed by atoms with Crippen molar-refractivity contribution in [1.82, 2.24) is 9.55 Å². The summed E-state index contributed by atoms with van der Waals surface area (Å²) in [5.41, 5.74) is 2.82. The van der Waals surface area contributed by atoms with Crippen LogP contribution in [0.25, 0.3) is 11.4 Å². The summed E-state index contributed by atoms with van der Waals surface area (Å²) >= 11 is 3.55. The third-order valence-electron chi connectivity index (χ3n) is 3.63. The maximum absolute atomic E-state index is 11.0. The lowest BCUT2D eigenvalue weighted by atomic mass is 10.1. The Bertz CT molecular complexity index is 664. The molecule has 0 atom stereocenters. The molecule has 1 N–H and O–H groups in total. The summed E-state index contributed by atoms with van der Waals surface area (Å²) < 4.78 is 3.17. The average molecular weight is 335 g/mol.